The van der Waals surface area contributed by atoms with E-state index < -0.39 is 15.8 Å². The third-order valence-electron chi connectivity index (χ3n) is 2.62. The van der Waals surface area contributed by atoms with Crippen molar-refractivity contribution >= 4 is 15.7 Å². The van der Waals surface area contributed by atoms with Gasteiger partial charge in [0.15, 0.2) is 11.6 Å². The number of rotatable bonds is 4. The van der Waals surface area contributed by atoms with E-state index in [1.165, 1.54) is 13.2 Å². The number of ether oxygens (including phenoxy) is 1. The number of methoxy groups -OCH3 is 1. The van der Waals surface area contributed by atoms with E-state index in [1.807, 2.05) is 0 Å². The molecule has 0 unspecified atom stereocenters. The summed E-state index contributed by atoms with van der Waals surface area (Å²) in [4.78, 5) is 0. The molecule has 0 bridgehead atoms. The molecule has 4 nitrogen and oxygen atoms in total. The standard InChI is InChI=1S/C14H13FNO3S/c1-19-14-8-5-11(9-13(14)15)10-3-6-12(7-4-10)16-20(2,17)18/h3-9H,1-2H3. The number of nitrogens with zero attached hydrogens (tertiary/aromatic N) is 1. The minimum Gasteiger partial charge on any atom is -0.494 e. The van der Waals surface area contributed by atoms with Gasteiger partial charge in [-0.05, 0) is 35.4 Å². The number of halogens is 1. The molecule has 20 heavy (non-hydrogen) atoms. The van der Waals surface area contributed by atoms with Crippen molar-refractivity contribution in [2.24, 2.45) is 0 Å². The second-order valence-electron chi connectivity index (χ2n) is 4.22. The third-order valence-corrected chi connectivity index (χ3v) is 3.17. The van der Waals surface area contributed by atoms with Crippen LogP contribution in [0.15, 0.2) is 42.5 Å². The molecule has 0 N–H and O–H groups in total. The predicted octanol–water partition coefficient (Wildman–Crippen LogP) is 2.70. The maximum Gasteiger partial charge on any atom is 0.250 e. The summed E-state index contributed by atoms with van der Waals surface area (Å²) in [5.74, 6) is -0.271. The Labute approximate surface area is 117 Å². The van der Waals surface area contributed by atoms with Gasteiger partial charge in [-0.1, -0.05) is 18.2 Å². The van der Waals surface area contributed by atoms with Crippen LogP contribution in [0.2, 0.25) is 0 Å². The first-order valence-electron chi connectivity index (χ1n) is 5.76. The van der Waals surface area contributed by atoms with Crippen LogP contribution >= 0.6 is 0 Å². The van der Waals surface area contributed by atoms with Crippen molar-refractivity contribution in [2.45, 2.75) is 0 Å². The molecule has 0 amide bonds. The molecule has 105 valence electrons. The first-order chi connectivity index (χ1) is 9.39. The second-order valence-corrected chi connectivity index (χ2v) is 5.87. The highest BCUT2D eigenvalue weighted by Gasteiger charge is 2.07. The van der Waals surface area contributed by atoms with Gasteiger partial charge in [-0.3, -0.25) is 0 Å². The molecule has 0 heterocycles. The molecule has 0 atom stereocenters. The van der Waals surface area contributed by atoms with Gasteiger partial charge >= 0.3 is 0 Å². The Morgan fingerprint density at radius 1 is 1.05 bits per heavy atom. The van der Waals surface area contributed by atoms with Crippen LogP contribution < -0.4 is 9.46 Å². The Hall–Kier alpha value is -2.08. The zero-order valence-electron chi connectivity index (χ0n) is 11.0. The summed E-state index contributed by atoms with van der Waals surface area (Å²) in [6.07, 6.45) is 1.03. The molecule has 0 aromatic heterocycles. The van der Waals surface area contributed by atoms with Gasteiger partial charge in [-0.25, -0.2) is 12.8 Å². The fraction of sp³-hybridized carbons (Fsp3) is 0.143. The van der Waals surface area contributed by atoms with Crippen molar-refractivity contribution in [2.75, 3.05) is 13.4 Å². The van der Waals surface area contributed by atoms with Gasteiger partial charge in [0.2, 0.25) is 0 Å². The third kappa shape index (κ3) is 3.48. The second kappa shape index (κ2) is 5.50. The molecule has 0 aliphatic carbocycles. The molecule has 0 spiro atoms. The van der Waals surface area contributed by atoms with Gasteiger partial charge in [0.25, 0.3) is 10.0 Å². The number of sulfonamides is 1. The molecule has 0 saturated heterocycles. The summed E-state index contributed by atoms with van der Waals surface area (Å²) in [5, 5.41) is 0. The Morgan fingerprint density at radius 3 is 2.15 bits per heavy atom. The fourth-order valence-corrected chi connectivity index (χ4v) is 2.26. The lowest BCUT2D eigenvalue weighted by Gasteiger charge is -2.06. The minimum atomic E-state index is -3.42. The van der Waals surface area contributed by atoms with E-state index >= 15 is 0 Å². The van der Waals surface area contributed by atoms with Gasteiger partial charge in [0.1, 0.15) is 0 Å². The summed E-state index contributed by atoms with van der Waals surface area (Å²) in [5.41, 5.74) is 1.78. The van der Waals surface area contributed by atoms with E-state index in [0.717, 1.165) is 11.8 Å². The van der Waals surface area contributed by atoms with Gasteiger partial charge < -0.3 is 4.74 Å². The van der Waals surface area contributed by atoms with Crippen molar-refractivity contribution in [3.63, 3.8) is 0 Å². The van der Waals surface area contributed by atoms with E-state index in [1.54, 1.807) is 36.4 Å². The highest BCUT2D eigenvalue weighted by Crippen LogP contribution is 2.26. The summed E-state index contributed by atoms with van der Waals surface area (Å²) in [6.45, 7) is 0. The van der Waals surface area contributed by atoms with Gasteiger partial charge in [-0.15, -0.1) is 0 Å². The van der Waals surface area contributed by atoms with Crippen molar-refractivity contribution in [3.8, 4) is 16.9 Å². The van der Waals surface area contributed by atoms with E-state index in [4.69, 9.17) is 4.74 Å². The van der Waals surface area contributed by atoms with Crippen LogP contribution in [-0.2, 0) is 10.0 Å². The summed E-state index contributed by atoms with van der Waals surface area (Å²) < 4.78 is 44.1. The average Bonchev–Trinajstić information content (AvgIpc) is 2.37. The molecular formula is C14H13FNO3S. The number of hydrogen-bond donors (Lipinski definition) is 0. The maximum atomic E-state index is 13.6. The highest BCUT2D eigenvalue weighted by molar-refractivity contribution is 7.88. The summed E-state index contributed by atoms with van der Waals surface area (Å²) >= 11 is 0. The highest BCUT2D eigenvalue weighted by atomic mass is 32.2. The van der Waals surface area contributed by atoms with Gasteiger partial charge in [0.05, 0.1) is 19.1 Å². The maximum absolute atomic E-state index is 13.6. The lowest BCUT2D eigenvalue weighted by atomic mass is 10.1. The Morgan fingerprint density at radius 2 is 1.65 bits per heavy atom. The SMILES string of the molecule is COc1ccc(-c2ccc([N]S(C)(=O)=O)cc2)cc1F. The zero-order valence-corrected chi connectivity index (χ0v) is 11.8. The summed E-state index contributed by atoms with van der Waals surface area (Å²) in [7, 11) is -2.02. The smallest absolute Gasteiger partial charge is 0.250 e. The molecule has 2 aromatic carbocycles. The normalized spacial score (nSPS) is 11.2. The largest absolute Gasteiger partial charge is 0.494 e. The van der Waals surface area contributed by atoms with Gasteiger partial charge in [-0.2, -0.15) is 4.72 Å². The average molecular weight is 294 g/mol. The lowest BCUT2D eigenvalue weighted by molar-refractivity contribution is 0.386. The van der Waals surface area contributed by atoms with Crippen molar-refractivity contribution < 1.29 is 17.5 Å². The molecule has 0 aliphatic heterocycles. The van der Waals surface area contributed by atoms with Crippen molar-refractivity contribution in [3.05, 3.63) is 48.3 Å². The quantitative estimate of drug-likeness (QED) is 0.871. The molecule has 2 aromatic rings. The minimum absolute atomic E-state index is 0.178. The first kappa shape index (κ1) is 14.3. The predicted molar refractivity (Wildman–Crippen MR) is 75.0 cm³/mol. The molecule has 2 rings (SSSR count). The lowest BCUT2D eigenvalue weighted by Crippen LogP contribution is -2.07. The van der Waals surface area contributed by atoms with Crippen LogP contribution in [-0.4, -0.2) is 21.8 Å². The van der Waals surface area contributed by atoms with Gasteiger partial charge in [0, 0.05) is 0 Å². The monoisotopic (exact) mass is 294 g/mol. The Balaban J connectivity index is 2.28. The number of hydrogen-bond acceptors (Lipinski definition) is 3. The van der Waals surface area contributed by atoms with Crippen LogP contribution in [0, 0.1) is 5.82 Å². The zero-order chi connectivity index (χ0) is 14.8. The van der Waals surface area contributed by atoms with Crippen molar-refractivity contribution in [1.29, 1.82) is 0 Å². The van der Waals surface area contributed by atoms with Crippen LogP contribution in [0.25, 0.3) is 11.1 Å². The van der Waals surface area contributed by atoms with E-state index in [9.17, 15) is 12.8 Å². The first-order valence-corrected chi connectivity index (χ1v) is 7.61. The Bertz CT molecular complexity index is 712. The molecule has 0 fully saturated rings. The van der Waals surface area contributed by atoms with Crippen molar-refractivity contribution in [1.82, 2.24) is 4.72 Å². The van der Waals surface area contributed by atoms with Crippen LogP contribution in [0.1, 0.15) is 0 Å². The van der Waals surface area contributed by atoms with E-state index in [-0.39, 0.29) is 5.75 Å². The molecule has 0 aliphatic rings. The Kier molecular flexibility index (Phi) is 3.94. The van der Waals surface area contributed by atoms with E-state index in [0.29, 0.717) is 11.3 Å². The topological polar surface area (TPSA) is 57.5 Å². The van der Waals surface area contributed by atoms with Crippen LogP contribution in [0.3, 0.4) is 0 Å². The molecular weight excluding hydrogens is 281 g/mol. The van der Waals surface area contributed by atoms with Crippen LogP contribution in [0.5, 0.6) is 5.75 Å². The number of benzene rings is 2. The van der Waals surface area contributed by atoms with Crippen LogP contribution in [0.4, 0.5) is 10.1 Å². The fourth-order valence-electron chi connectivity index (χ4n) is 1.75. The molecule has 6 heteroatoms. The summed E-state index contributed by atoms with van der Waals surface area (Å²) in [6, 6.07) is 11.1. The molecule has 0 saturated carbocycles. The molecule has 1 radical (unpaired) electrons. The van der Waals surface area contributed by atoms with E-state index in [2.05, 4.69) is 4.72 Å².